The number of benzene rings is 1. The number of carboxylic acid groups (broad SMARTS) is 1. The van der Waals surface area contributed by atoms with E-state index in [9.17, 15) is 14.9 Å². The van der Waals surface area contributed by atoms with Crippen molar-refractivity contribution in [1.29, 1.82) is 0 Å². The molecule has 1 rings (SSSR count). The van der Waals surface area contributed by atoms with E-state index >= 15 is 0 Å². The maximum absolute atomic E-state index is 10.8. The average Bonchev–Trinajstić information content (AvgIpc) is 2.14. The van der Waals surface area contributed by atoms with Gasteiger partial charge in [-0.05, 0) is 12.1 Å². The number of hydrogen-bond donors (Lipinski definition) is 1. The Bertz CT molecular complexity index is 465. The Morgan fingerprint density at radius 1 is 1.41 bits per heavy atom. The lowest BCUT2D eigenvalue weighted by Gasteiger charge is -2.17. The summed E-state index contributed by atoms with van der Waals surface area (Å²) in [7, 11) is 0. The first-order valence-corrected chi connectivity index (χ1v) is 5.73. The van der Waals surface area contributed by atoms with Crippen LogP contribution in [-0.4, -0.2) is 20.7 Å². The van der Waals surface area contributed by atoms with Crippen molar-refractivity contribution in [2.45, 2.75) is 30.4 Å². The third-order valence-electron chi connectivity index (χ3n) is 1.82. The molecule has 0 spiro atoms. The molecule has 0 aromatic heterocycles. The molecule has 6 heteroatoms. The van der Waals surface area contributed by atoms with Crippen LogP contribution in [0.2, 0.25) is 0 Å². The predicted molar refractivity (Wildman–Crippen MR) is 65.7 cm³/mol. The normalized spacial score (nSPS) is 11.2. The zero-order valence-electron chi connectivity index (χ0n) is 9.76. The Morgan fingerprint density at radius 3 is 2.41 bits per heavy atom. The van der Waals surface area contributed by atoms with E-state index in [4.69, 9.17) is 5.11 Å². The molecule has 0 aliphatic carbocycles. The highest BCUT2D eigenvalue weighted by atomic mass is 32.2. The first-order valence-electron chi connectivity index (χ1n) is 4.91. The van der Waals surface area contributed by atoms with Gasteiger partial charge in [0, 0.05) is 15.7 Å². The summed E-state index contributed by atoms with van der Waals surface area (Å²) in [5.74, 6) is -1.29. The van der Waals surface area contributed by atoms with Gasteiger partial charge < -0.3 is 5.11 Å². The van der Waals surface area contributed by atoms with E-state index in [1.807, 2.05) is 20.8 Å². The second-order valence-corrected chi connectivity index (χ2v) is 6.36. The minimum atomic E-state index is -1.29. The Morgan fingerprint density at radius 2 is 2.00 bits per heavy atom. The van der Waals surface area contributed by atoms with Gasteiger partial charge in [-0.3, -0.25) is 10.1 Å². The van der Waals surface area contributed by atoms with Crippen LogP contribution in [-0.2, 0) is 0 Å². The highest BCUT2D eigenvalue weighted by molar-refractivity contribution is 8.00. The van der Waals surface area contributed by atoms with Crippen molar-refractivity contribution < 1.29 is 14.8 Å². The fourth-order valence-corrected chi connectivity index (χ4v) is 2.27. The van der Waals surface area contributed by atoms with Crippen LogP contribution in [0.25, 0.3) is 0 Å². The van der Waals surface area contributed by atoms with E-state index in [0.29, 0.717) is 4.90 Å². The van der Waals surface area contributed by atoms with Crippen molar-refractivity contribution in [2.24, 2.45) is 0 Å². The van der Waals surface area contributed by atoms with E-state index in [1.54, 1.807) is 6.07 Å². The van der Waals surface area contributed by atoms with E-state index in [-0.39, 0.29) is 16.0 Å². The summed E-state index contributed by atoms with van der Waals surface area (Å²) in [6, 6.07) is 4.17. The van der Waals surface area contributed by atoms with Crippen molar-refractivity contribution >= 4 is 23.4 Å². The Kier molecular flexibility index (Phi) is 3.77. The first kappa shape index (κ1) is 13.5. The summed E-state index contributed by atoms with van der Waals surface area (Å²) < 4.78 is -0.0847. The third kappa shape index (κ3) is 3.74. The number of rotatable bonds is 3. The van der Waals surface area contributed by atoms with Crippen molar-refractivity contribution in [3.05, 3.63) is 33.9 Å². The molecule has 0 fully saturated rings. The van der Waals surface area contributed by atoms with E-state index in [2.05, 4.69) is 0 Å². The van der Waals surface area contributed by atoms with Crippen LogP contribution >= 0.6 is 11.8 Å². The molecule has 0 amide bonds. The van der Waals surface area contributed by atoms with Crippen LogP contribution in [0.15, 0.2) is 23.1 Å². The number of nitro benzene ring substituents is 1. The molecule has 0 aliphatic rings. The standard InChI is InChI=1S/C11H13NO4S/c1-11(2,3)17-7-4-5-8(10(13)14)9(6-7)12(15)16/h4-6H,1-3H3,(H,13,14). The highest BCUT2D eigenvalue weighted by Gasteiger charge is 2.21. The quantitative estimate of drug-likeness (QED) is 0.509. The molecule has 0 radical (unpaired) electrons. The van der Waals surface area contributed by atoms with Crippen molar-refractivity contribution in [3.63, 3.8) is 0 Å². The van der Waals surface area contributed by atoms with Gasteiger partial charge in [-0.15, -0.1) is 11.8 Å². The molecule has 1 N–H and O–H groups in total. The molecule has 1 aromatic rings. The molecule has 17 heavy (non-hydrogen) atoms. The van der Waals surface area contributed by atoms with Crippen molar-refractivity contribution in [3.8, 4) is 0 Å². The number of thioether (sulfide) groups is 1. The lowest BCUT2D eigenvalue weighted by atomic mass is 10.2. The second kappa shape index (κ2) is 4.75. The van der Waals surface area contributed by atoms with Gasteiger partial charge in [0.2, 0.25) is 0 Å². The minimum Gasteiger partial charge on any atom is -0.477 e. The Balaban J connectivity index is 3.19. The van der Waals surface area contributed by atoms with Gasteiger partial charge in [0.1, 0.15) is 5.56 Å². The number of carbonyl (C=O) groups is 1. The van der Waals surface area contributed by atoms with Crippen molar-refractivity contribution in [1.82, 2.24) is 0 Å². The Labute approximate surface area is 103 Å². The van der Waals surface area contributed by atoms with Gasteiger partial charge in [0.25, 0.3) is 5.69 Å². The van der Waals surface area contributed by atoms with Crippen LogP contribution in [0.4, 0.5) is 5.69 Å². The molecule has 0 bridgehead atoms. The molecule has 92 valence electrons. The first-order chi connectivity index (χ1) is 7.70. The van der Waals surface area contributed by atoms with E-state index in [0.717, 1.165) is 0 Å². The van der Waals surface area contributed by atoms with Crippen molar-refractivity contribution in [2.75, 3.05) is 0 Å². The fourth-order valence-electron chi connectivity index (χ4n) is 1.26. The number of aromatic carboxylic acids is 1. The smallest absolute Gasteiger partial charge is 0.342 e. The van der Waals surface area contributed by atoms with Crippen LogP contribution in [0, 0.1) is 10.1 Å². The maximum Gasteiger partial charge on any atom is 0.342 e. The molecular formula is C11H13NO4S. The van der Waals surface area contributed by atoms with Gasteiger partial charge in [0.15, 0.2) is 0 Å². The topological polar surface area (TPSA) is 80.4 Å². The van der Waals surface area contributed by atoms with Gasteiger partial charge in [0.05, 0.1) is 4.92 Å². The van der Waals surface area contributed by atoms with E-state index in [1.165, 1.54) is 23.9 Å². The summed E-state index contributed by atoms with van der Waals surface area (Å²) in [4.78, 5) is 21.6. The lowest BCUT2D eigenvalue weighted by molar-refractivity contribution is -0.385. The molecule has 1 aromatic carbocycles. The summed E-state index contributed by atoms with van der Waals surface area (Å²) in [6.07, 6.45) is 0. The predicted octanol–water partition coefficient (Wildman–Crippen LogP) is 3.18. The zero-order valence-corrected chi connectivity index (χ0v) is 10.6. The second-order valence-electron chi connectivity index (χ2n) is 4.46. The maximum atomic E-state index is 10.8. The molecule has 0 unspecified atom stereocenters. The zero-order chi connectivity index (χ0) is 13.2. The number of carboxylic acids is 1. The summed E-state index contributed by atoms with van der Waals surface area (Å²) >= 11 is 1.46. The average molecular weight is 255 g/mol. The van der Waals surface area contributed by atoms with Crippen LogP contribution in [0.3, 0.4) is 0 Å². The molecule has 0 saturated heterocycles. The van der Waals surface area contributed by atoms with Crippen LogP contribution in [0.5, 0.6) is 0 Å². The monoisotopic (exact) mass is 255 g/mol. The number of hydrogen-bond acceptors (Lipinski definition) is 4. The van der Waals surface area contributed by atoms with Crippen LogP contribution < -0.4 is 0 Å². The third-order valence-corrected chi connectivity index (χ3v) is 2.92. The van der Waals surface area contributed by atoms with Gasteiger partial charge in [-0.25, -0.2) is 4.79 Å². The summed E-state index contributed by atoms with van der Waals surface area (Å²) in [5.41, 5.74) is -0.653. The van der Waals surface area contributed by atoms with Gasteiger partial charge in [-0.2, -0.15) is 0 Å². The molecule has 0 aliphatic heterocycles. The fraction of sp³-hybridized carbons (Fsp3) is 0.364. The van der Waals surface area contributed by atoms with Gasteiger partial charge in [-0.1, -0.05) is 20.8 Å². The van der Waals surface area contributed by atoms with Crippen LogP contribution in [0.1, 0.15) is 31.1 Å². The number of nitro groups is 1. The molecule has 0 atom stereocenters. The molecule has 5 nitrogen and oxygen atoms in total. The molecule has 0 saturated carbocycles. The van der Waals surface area contributed by atoms with E-state index < -0.39 is 10.9 Å². The summed E-state index contributed by atoms with van der Waals surface area (Å²) in [6.45, 7) is 5.94. The highest BCUT2D eigenvalue weighted by Crippen LogP contribution is 2.34. The Hall–Kier alpha value is -1.56. The number of nitrogens with zero attached hydrogens (tertiary/aromatic N) is 1. The largest absolute Gasteiger partial charge is 0.477 e. The molecule has 0 heterocycles. The SMILES string of the molecule is CC(C)(C)Sc1ccc(C(=O)O)c([N+](=O)[O-])c1. The molecular weight excluding hydrogens is 242 g/mol. The van der Waals surface area contributed by atoms with Gasteiger partial charge >= 0.3 is 5.97 Å². The minimum absolute atomic E-state index is 0.0847. The lowest BCUT2D eigenvalue weighted by Crippen LogP contribution is -2.07. The summed E-state index contributed by atoms with van der Waals surface area (Å²) in [5, 5.41) is 19.6.